The average Bonchev–Trinajstić information content (AvgIpc) is 3.14. The van der Waals surface area contributed by atoms with E-state index in [4.69, 9.17) is 11.6 Å². The molecule has 7 nitrogen and oxygen atoms in total. The maximum Gasteiger partial charge on any atom is 0.335 e. The number of halogens is 1. The predicted molar refractivity (Wildman–Crippen MR) is 120 cm³/mol. The molecule has 0 saturated heterocycles. The van der Waals surface area contributed by atoms with Crippen LogP contribution in [0.2, 0.25) is 5.02 Å². The van der Waals surface area contributed by atoms with E-state index in [0.29, 0.717) is 17.3 Å². The summed E-state index contributed by atoms with van der Waals surface area (Å²) in [6.45, 7) is 3.40. The van der Waals surface area contributed by atoms with Crippen LogP contribution in [0.1, 0.15) is 29.8 Å². The number of fused-ring (bicyclic) bond motifs is 3. The van der Waals surface area contributed by atoms with Crippen molar-refractivity contribution in [3.8, 4) is 11.6 Å². The van der Waals surface area contributed by atoms with Gasteiger partial charge >= 0.3 is 5.69 Å². The molecule has 0 radical (unpaired) electrons. The molecule has 3 heterocycles. The Kier molecular flexibility index (Phi) is 4.72. The van der Waals surface area contributed by atoms with E-state index >= 15 is 0 Å². The fourth-order valence-electron chi connectivity index (χ4n) is 4.60. The zero-order chi connectivity index (χ0) is 21.7. The molecule has 158 valence electrons. The Hall–Kier alpha value is -3.29. The molecule has 0 spiro atoms. The number of likely N-dealkylation sites (N-methyl/N-ethyl adjacent to an activating group) is 1. The smallest absolute Gasteiger partial charge is 0.335 e. The van der Waals surface area contributed by atoms with E-state index in [1.165, 1.54) is 0 Å². The van der Waals surface area contributed by atoms with Gasteiger partial charge in [-0.25, -0.2) is 9.36 Å². The lowest BCUT2D eigenvalue weighted by Crippen LogP contribution is -2.41. The minimum atomic E-state index is -0.741. The number of para-hydroxylation sites is 2. The molecule has 5 rings (SSSR count). The number of aromatic hydroxyl groups is 1. The van der Waals surface area contributed by atoms with Gasteiger partial charge in [-0.2, -0.15) is 0 Å². The van der Waals surface area contributed by atoms with Crippen molar-refractivity contribution in [2.24, 2.45) is 0 Å². The van der Waals surface area contributed by atoms with Crippen molar-refractivity contribution >= 4 is 22.5 Å². The van der Waals surface area contributed by atoms with Crippen LogP contribution in [0, 0.1) is 0 Å². The number of aromatic amines is 2. The van der Waals surface area contributed by atoms with E-state index in [1.54, 1.807) is 24.3 Å². The number of nitrogens with one attached hydrogen (secondary N) is 2. The van der Waals surface area contributed by atoms with Gasteiger partial charge in [-0.15, -0.1) is 0 Å². The summed E-state index contributed by atoms with van der Waals surface area (Å²) < 4.78 is 1.06. The van der Waals surface area contributed by atoms with Crippen LogP contribution in [0.4, 0.5) is 0 Å². The van der Waals surface area contributed by atoms with Crippen LogP contribution in [-0.2, 0) is 6.42 Å². The Morgan fingerprint density at radius 3 is 2.61 bits per heavy atom. The number of hydrogen-bond acceptors (Lipinski definition) is 4. The zero-order valence-corrected chi connectivity index (χ0v) is 17.6. The van der Waals surface area contributed by atoms with E-state index in [2.05, 4.69) is 20.9 Å². The molecule has 0 fully saturated rings. The number of rotatable bonds is 3. The lowest BCUT2D eigenvalue weighted by atomic mass is 9.93. The maximum atomic E-state index is 13.0. The highest BCUT2D eigenvalue weighted by molar-refractivity contribution is 6.32. The largest absolute Gasteiger partial charge is 0.494 e. The van der Waals surface area contributed by atoms with Gasteiger partial charge in [0.15, 0.2) is 0 Å². The minimum Gasteiger partial charge on any atom is -0.494 e. The van der Waals surface area contributed by atoms with Gasteiger partial charge in [0.1, 0.15) is 5.56 Å². The molecule has 1 aliphatic heterocycles. The second-order valence-electron chi connectivity index (χ2n) is 7.63. The number of nitrogens with zero attached hydrogens (tertiary/aromatic N) is 2. The third-order valence-corrected chi connectivity index (χ3v) is 6.35. The van der Waals surface area contributed by atoms with E-state index in [0.717, 1.165) is 39.7 Å². The van der Waals surface area contributed by atoms with Crippen LogP contribution in [0.3, 0.4) is 0 Å². The first kappa shape index (κ1) is 19.7. The van der Waals surface area contributed by atoms with Gasteiger partial charge in [0, 0.05) is 23.1 Å². The van der Waals surface area contributed by atoms with Gasteiger partial charge in [0.05, 0.1) is 16.8 Å². The van der Waals surface area contributed by atoms with Crippen molar-refractivity contribution < 1.29 is 5.11 Å². The number of hydrogen-bond donors (Lipinski definition) is 3. The highest BCUT2D eigenvalue weighted by Gasteiger charge is 2.35. The molecule has 3 N–H and O–H groups in total. The van der Waals surface area contributed by atoms with Crippen LogP contribution in [0.15, 0.2) is 58.1 Å². The van der Waals surface area contributed by atoms with Crippen molar-refractivity contribution in [3.63, 3.8) is 0 Å². The Balaban J connectivity index is 1.81. The molecule has 0 unspecified atom stereocenters. The molecule has 1 atom stereocenters. The van der Waals surface area contributed by atoms with Crippen molar-refractivity contribution in [2.45, 2.75) is 19.4 Å². The minimum absolute atomic E-state index is 0.119. The van der Waals surface area contributed by atoms with Gasteiger partial charge in [0.25, 0.3) is 5.56 Å². The molecule has 2 aromatic heterocycles. The molecular formula is C23H21ClN4O3. The SMILES string of the molecule is CCN1CCc2c([nH]c3ccccc23)[C@H]1c1c(O)n(-c2ccccc2Cl)c(=O)[nH]c1=O. The molecular weight excluding hydrogens is 416 g/mol. The van der Waals surface area contributed by atoms with Crippen LogP contribution in [0.25, 0.3) is 16.6 Å². The molecule has 0 bridgehead atoms. The number of H-pyrrole nitrogens is 2. The summed E-state index contributed by atoms with van der Waals surface area (Å²) in [6.07, 6.45) is 0.826. The van der Waals surface area contributed by atoms with Crippen LogP contribution >= 0.6 is 11.6 Å². The third-order valence-electron chi connectivity index (χ3n) is 6.03. The second kappa shape index (κ2) is 7.44. The monoisotopic (exact) mass is 436 g/mol. The van der Waals surface area contributed by atoms with Crippen molar-refractivity contribution in [1.29, 1.82) is 0 Å². The van der Waals surface area contributed by atoms with Crippen LogP contribution < -0.4 is 11.2 Å². The quantitative estimate of drug-likeness (QED) is 0.459. The Bertz CT molecular complexity index is 1420. The topological polar surface area (TPSA) is 94.1 Å². The Morgan fingerprint density at radius 2 is 1.84 bits per heavy atom. The third kappa shape index (κ3) is 3.00. The number of aromatic nitrogens is 3. The summed E-state index contributed by atoms with van der Waals surface area (Å²) in [5.74, 6) is -0.406. The van der Waals surface area contributed by atoms with E-state index < -0.39 is 23.2 Å². The van der Waals surface area contributed by atoms with Crippen molar-refractivity contribution in [1.82, 2.24) is 19.4 Å². The number of benzene rings is 2. The van der Waals surface area contributed by atoms with Crippen LogP contribution in [-0.4, -0.2) is 37.6 Å². The van der Waals surface area contributed by atoms with Crippen molar-refractivity contribution in [2.75, 3.05) is 13.1 Å². The normalized spacial score (nSPS) is 16.5. The fraction of sp³-hybridized carbons (Fsp3) is 0.217. The lowest BCUT2D eigenvalue weighted by molar-refractivity contribution is 0.215. The predicted octanol–water partition coefficient (Wildman–Crippen LogP) is 3.33. The van der Waals surface area contributed by atoms with Crippen molar-refractivity contribution in [3.05, 3.63) is 91.2 Å². The van der Waals surface area contributed by atoms with Gasteiger partial charge in [0.2, 0.25) is 5.88 Å². The molecule has 1 aliphatic rings. The molecule has 2 aromatic carbocycles. The highest BCUT2D eigenvalue weighted by Crippen LogP contribution is 2.39. The molecule has 8 heteroatoms. The highest BCUT2D eigenvalue weighted by atomic mass is 35.5. The summed E-state index contributed by atoms with van der Waals surface area (Å²) in [7, 11) is 0. The molecule has 31 heavy (non-hydrogen) atoms. The summed E-state index contributed by atoms with van der Waals surface area (Å²) in [4.78, 5) is 33.6. The fourth-order valence-corrected chi connectivity index (χ4v) is 4.82. The molecule has 4 aromatic rings. The Labute approximate surface area is 182 Å². The maximum absolute atomic E-state index is 13.0. The van der Waals surface area contributed by atoms with Gasteiger partial charge < -0.3 is 10.1 Å². The van der Waals surface area contributed by atoms with E-state index in [1.807, 2.05) is 25.1 Å². The summed E-state index contributed by atoms with van der Waals surface area (Å²) in [6, 6.07) is 14.2. The van der Waals surface area contributed by atoms with E-state index in [-0.39, 0.29) is 5.56 Å². The second-order valence-corrected chi connectivity index (χ2v) is 8.03. The van der Waals surface area contributed by atoms with E-state index in [9.17, 15) is 14.7 Å². The Morgan fingerprint density at radius 1 is 1.10 bits per heavy atom. The van der Waals surface area contributed by atoms with Gasteiger partial charge in [-0.1, -0.05) is 48.9 Å². The van der Waals surface area contributed by atoms with Gasteiger partial charge in [-0.3, -0.25) is 14.7 Å². The van der Waals surface area contributed by atoms with Crippen LogP contribution in [0.5, 0.6) is 5.88 Å². The first-order valence-corrected chi connectivity index (χ1v) is 10.6. The lowest BCUT2D eigenvalue weighted by Gasteiger charge is -2.35. The first-order chi connectivity index (χ1) is 15.0. The molecule has 0 saturated carbocycles. The molecule has 0 amide bonds. The first-order valence-electron chi connectivity index (χ1n) is 10.2. The molecule has 0 aliphatic carbocycles. The average molecular weight is 437 g/mol. The summed E-state index contributed by atoms with van der Waals surface area (Å²) in [5.41, 5.74) is 2.04. The van der Waals surface area contributed by atoms with Gasteiger partial charge in [-0.05, 0) is 36.7 Å². The zero-order valence-electron chi connectivity index (χ0n) is 16.9. The summed E-state index contributed by atoms with van der Waals surface area (Å²) in [5, 5.41) is 12.6. The standard InChI is InChI=1S/C23H21ClN4O3/c1-2-27-12-11-14-13-7-3-5-9-16(13)25-19(14)20(27)18-21(29)26-23(31)28(22(18)30)17-10-6-4-8-15(17)24/h3-10,20,25,30H,2,11-12H2,1H3,(H,26,29,31)/t20-/m1/s1. The summed E-state index contributed by atoms with van der Waals surface area (Å²) >= 11 is 6.29.